The topological polar surface area (TPSA) is 167 Å². The van der Waals surface area contributed by atoms with Crippen LogP contribution >= 0.6 is 0 Å². The first-order valence-corrected chi connectivity index (χ1v) is 10.3. The van der Waals surface area contributed by atoms with Gasteiger partial charge in [-0.05, 0) is 19.1 Å². The van der Waals surface area contributed by atoms with E-state index in [0.717, 1.165) is 12.1 Å². The number of carbonyl (C=O) groups excluding carboxylic acids is 2. The third-order valence-electron chi connectivity index (χ3n) is 4.84. The van der Waals surface area contributed by atoms with E-state index in [2.05, 4.69) is 27.3 Å². The Morgan fingerprint density at radius 2 is 2.10 bits per heavy atom. The average molecular weight is 435 g/mol. The molecule has 0 bridgehead atoms. The zero-order valence-electron chi connectivity index (χ0n) is 15.8. The lowest BCUT2D eigenvalue weighted by atomic mass is 10.1. The number of hydrogen-bond donors (Lipinski definition) is 4. The molecular formula is C17H18FN7O4S. The molecule has 0 aliphatic carbocycles. The number of halogens is 1. The quantitative estimate of drug-likeness (QED) is 0.476. The van der Waals surface area contributed by atoms with Crippen molar-refractivity contribution in [3.8, 4) is 12.1 Å². The Labute approximate surface area is 171 Å². The third kappa shape index (κ3) is 3.91. The van der Waals surface area contributed by atoms with E-state index in [9.17, 15) is 22.4 Å². The van der Waals surface area contributed by atoms with Crippen molar-refractivity contribution in [3.63, 3.8) is 0 Å². The lowest BCUT2D eigenvalue weighted by Gasteiger charge is -2.33. The highest BCUT2D eigenvalue weighted by molar-refractivity contribution is 7.90. The molecule has 0 aromatic heterocycles. The van der Waals surface area contributed by atoms with Crippen molar-refractivity contribution in [3.05, 3.63) is 23.5 Å². The second-order valence-corrected chi connectivity index (χ2v) is 8.61. The molecule has 3 amide bonds. The number of sulfonamides is 1. The van der Waals surface area contributed by atoms with E-state index in [-0.39, 0.29) is 22.1 Å². The fourth-order valence-corrected chi connectivity index (χ4v) is 4.81. The summed E-state index contributed by atoms with van der Waals surface area (Å²) in [5.74, 6) is -1.82. The Bertz CT molecular complexity index is 1070. The van der Waals surface area contributed by atoms with Crippen LogP contribution in [0.3, 0.4) is 0 Å². The summed E-state index contributed by atoms with van der Waals surface area (Å²) >= 11 is 0. The van der Waals surface area contributed by atoms with E-state index in [0.29, 0.717) is 13.1 Å². The minimum Gasteiger partial charge on any atom is -0.350 e. The number of anilines is 1. The molecule has 1 aromatic carbocycles. The number of urea groups is 1. The third-order valence-corrected chi connectivity index (χ3v) is 6.65. The molecule has 158 valence electrons. The van der Waals surface area contributed by atoms with Crippen molar-refractivity contribution in [1.29, 1.82) is 10.5 Å². The summed E-state index contributed by atoms with van der Waals surface area (Å²) in [6.07, 6.45) is 0. The monoisotopic (exact) mass is 435 g/mol. The number of nitriles is 2. The molecule has 13 heteroatoms. The van der Waals surface area contributed by atoms with Crippen molar-refractivity contribution in [2.45, 2.75) is 29.9 Å². The van der Waals surface area contributed by atoms with E-state index >= 15 is 0 Å². The van der Waals surface area contributed by atoms with Gasteiger partial charge in [0.1, 0.15) is 34.9 Å². The molecule has 2 aliphatic heterocycles. The van der Waals surface area contributed by atoms with Crippen LogP contribution in [0.2, 0.25) is 0 Å². The second-order valence-electron chi connectivity index (χ2n) is 6.81. The lowest BCUT2D eigenvalue weighted by molar-refractivity contribution is -0.121. The number of amides is 3. The lowest BCUT2D eigenvalue weighted by Crippen LogP contribution is -2.61. The van der Waals surface area contributed by atoms with Crippen LogP contribution in [0.5, 0.6) is 0 Å². The Balaban J connectivity index is 1.75. The Hall–Kier alpha value is -3.26. The van der Waals surface area contributed by atoms with Crippen LogP contribution in [0.25, 0.3) is 0 Å². The number of hydrogen-bond acceptors (Lipinski definition) is 8. The summed E-state index contributed by atoms with van der Waals surface area (Å²) < 4.78 is 39.9. The zero-order valence-corrected chi connectivity index (χ0v) is 16.6. The second kappa shape index (κ2) is 8.23. The SMILES string of the molecule is C[C@@H](NC(=O)CN1C(=O)Nc2ccc(F)c(C#N)c2S1(=O)=O)C1CNC(C#N)CN1. The highest BCUT2D eigenvalue weighted by Crippen LogP contribution is 2.33. The van der Waals surface area contributed by atoms with Gasteiger partial charge >= 0.3 is 6.03 Å². The van der Waals surface area contributed by atoms with E-state index in [1.165, 1.54) is 6.07 Å². The standard InChI is InChI=1S/C17H18FN7O4S/c1-9(14-7-21-10(4-19)6-22-14)23-15(26)8-25-17(27)24-13-3-2-12(18)11(5-20)16(13)30(25,28)29/h2-3,9-10,14,21-22H,6-8H2,1H3,(H,23,26)(H,24,27)/t9-,10?,14?/m1/s1. The molecule has 30 heavy (non-hydrogen) atoms. The van der Waals surface area contributed by atoms with Crippen LogP contribution < -0.4 is 21.3 Å². The fourth-order valence-electron chi connectivity index (χ4n) is 3.24. The molecule has 1 saturated heterocycles. The van der Waals surface area contributed by atoms with Gasteiger partial charge in [-0.25, -0.2) is 21.9 Å². The molecule has 0 spiro atoms. The van der Waals surface area contributed by atoms with Crippen molar-refractivity contribution in [2.24, 2.45) is 0 Å². The summed E-state index contributed by atoms with van der Waals surface area (Å²) in [6, 6.07) is 3.36. The van der Waals surface area contributed by atoms with Gasteiger partial charge in [-0.2, -0.15) is 10.5 Å². The van der Waals surface area contributed by atoms with Crippen LogP contribution in [0.4, 0.5) is 14.9 Å². The number of benzene rings is 1. The van der Waals surface area contributed by atoms with Gasteiger partial charge < -0.3 is 16.0 Å². The first-order chi connectivity index (χ1) is 14.2. The van der Waals surface area contributed by atoms with Gasteiger partial charge in [0, 0.05) is 25.2 Å². The maximum Gasteiger partial charge on any atom is 0.336 e. The Morgan fingerprint density at radius 1 is 1.37 bits per heavy atom. The molecule has 3 atom stereocenters. The summed E-state index contributed by atoms with van der Waals surface area (Å²) in [6.45, 7) is 1.62. The van der Waals surface area contributed by atoms with Crippen molar-refractivity contribution >= 4 is 27.6 Å². The Morgan fingerprint density at radius 3 is 2.70 bits per heavy atom. The fraction of sp³-hybridized carbons (Fsp3) is 0.412. The van der Waals surface area contributed by atoms with E-state index in [1.54, 1.807) is 6.92 Å². The van der Waals surface area contributed by atoms with Crippen LogP contribution in [0.1, 0.15) is 12.5 Å². The minimum absolute atomic E-state index is 0.217. The number of nitrogens with one attached hydrogen (secondary N) is 4. The van der Waals surface area contributed by atoms with Crippen LogP contribution in [-0.2, 0) is 14.8 Å². The van der Waals surface area contributed by atoms with Gasteiger partial charge in [0.25, 0.3) is 10.0 Å². The van der Waals surface area contributed by atoms with Crippen molar-refractivity contribution < 1.29 is 22.4 Å². The predicted octanol–water partition coefficient (Wildman–Crippen LogP) is -0.808. The average Bonchev–Trinajstić information content (AvgIpc) is 2.71. The maximum absolute atomic E-state index is 13.9. The first-order valence-electron chi connectivity index (χ1n) is 8.91. The van der Waals surface area contributed by atoms with Gasteiger partial charge in [-0.3, -0.25) is 10.1 Å². The molecule has 3 rings (SSSR count). The van der Waals surface area contributed by atoms with Gasteiger partial charge in [0.2, 0.25) is 5.91 Å². The maximum atomic E-state index is 13.9. The summed E-state index contributed by atoms with van der Waals surface area (Å²) in [4.78, 5) is 24.0. The highest BCUT2D eigenvalue weighted by atomic mass is 32.2. The largest absolute Gasteiger partial charge is 0.350 e. The number of rotatable bonds is 4. The van der Waals surface area contributed by atoms with Gasteiger partial charge in [-0.1, -0.05) is 0 Å². The number of piperazine rings is 1. The number of fused-ring (bicyclic) bond motifs is 1. The molecule has 1 aromatic rings. The van der Waals surface area contributed by atoms with Crippen molar-refractivity contribution in [2.75, 3.05) is 25.0 Å². The molecule has 2 aliphatic rings. The number of nitrogens with zero attached hydrogens (tertiary/aromatic N) is 3. The van der Waals surface area contributed by atoms with Gasteiger partial charge in [0.15, 0.2) is 0 Å². The minimum atomic E-state index is -4.63. The molecule has 4 N–H and O–H groups in total. The molecular weight excluding hydrogens is 417 g/mol. The molecule has 2 heterocycles. The van der Waals surface area contributed by atoms with Crippen LogP contribution in [0.15, 0.2) is 17.0 Å². The van der Waals surface area contributed by atoms with Gasteiger partial charge in [0.05, 0.1) is 11.8 Å². The van der Waals surface area contributed by atoms with Crippen molar-refractivity contribution in [1.82, 2.24) is 20.3 Å². The first kappa shape index (κ1) is 21.4. The molecule has 11 nitrogen and oxygen atoms in total. The Kier molecular flexibility index (Phi) is 5.89. The van der Waals surface area contributed by atoms with E-state index < -0.39 is 50.8 Å². The van der Waals surface area contributed by atoms with Gasteiger partial charge in [-0.15, -0.1) is 0 Å². The van der Waals surface area contributed by atoms with Crippen LogP contribution in [0, 0.1) is 28.5 Å². The molecule has 0 saturated carbocycles. The summed E-state index contributed by atoms with van der Waals surface area (Å²) in [5, 5.41) is 29.0. The summed E-state index contributed by atoms with van der Waals surface area (Å²) in [7, 11) is -4.63. The normalized spacial score (nSPS) is 23.3. The number of carbonyl (C=O) groups is 2. The van der Waals surface area contributed by atoms with E-state index in [4.69, 9.17) is 10.5 Å². The smallest absolute Gasteiger partial charge is 0.336 e. The van der Waals surface area contributed by atoms with Crippen LogP contribution in [-0.4, -0.2) is 62.4 Å². The highest BCUT2D eigenvalue weighted by Gasteiger charge is 2.41. The molecule has 1 fully saturated rings. The molecule has 0 radical (unpaired) electrons. The predicted molar refractivity (Wildman–Crippen MR) is 101 cm³/mol. The molecule has 2 unspecified atom stereocenters. The zero-order chi connectivity index (χ0) is 22.1. The van der Waals surface area contributed by atoms with E-state index in [1.807, 2.05) is 0 Å². The summed E-state index contributed by atoms with van der Waals surface area (Å²) in [5.41, 5.74) is -0.969.